The average Bonchev–Trinajstić information content (AvgIpc) is 3.22. The normalized spacial score (nSPS) is 11.3. The number of nitrogens with one attached hydrogen (secondary N) is 1. The zero-order valence-corrected chi connectivity index (χ0v) is 13.8. The van der Waals surface area contributed by atoms with Gasteiger partial charge < -0.3 is 0 Å². The van der Waals surface area contributed by atoms with Crippen molar-refractivity contribution in [3.8, 4) is 11.3 Å². The molecular weight excluding hydrogens is 322 g/mol. The van der Waals surface area contributed by atoms with Crippen LogP contribution in [0.15, 0.2) is 71.1 Å². The molecule has 4 aromatic rings. The lowest BCUT2D eigenvalue weighted by atomic mass is 10.2. The summed E-state index contributed by atoms with van der Waals surface area (Å²) in [5.74, 6) is 0. The molecule has 112 valence electrons. The summed E-state index contributed by atoms with van der Waals surface area (Å²) in [5.41, 5.74) is 5.09. The van der Waals surface area contributed by atoms with Crippen LogP contribution in [0.3, 0.4) is 0 Å². The smallest absolute Gasteiger partial charge is 0.203 e. The van der Waals surface area contributed by atoms with Gasteiger partial charge in [-0.25, -0.2) is 4.98 Å². The van der Waals surface area contributed by atoms with Crippen LogP contribution in [-0.4, -0.2) is 11.2 Å². The first kappa shape index (κ1) is 14.1. The second-order valence-corrected chi connectivity index (χ2v) is 6.93. The first-order chi connectivity index (χ1) is 11.4. The number of thiophene rings is 1. The summed E-state index contributed by atoms with van der Waals surface area (Å²) in [6.07, 6.45) is 1.84. The Bertz CT molecular complexity index is 921. The van der Waals surface area contributed by atoms with Crippen molar-refractivity contribution in [2.45, 2.75) is 0 Å². The van der Waals surface area contributed by atoms with Gasteiger partial charge in [0, 0.05) is 20.5 Å². The SMILES string of the molecule is C(=N\Nc1nc(-c2ccccc2)cs1)/c1cc2ccccc2s1. The van der Waals surface area contributed by atoms with E-state index in [1.54, 1.807) is 22.7 Å². The van der Waals surface area contributed by atoms with Crippen molar-refractivity contribution in [3.05, 3.63) is 70.9 Å². The Labute approximate surface area is 142 Å². The third-order valence-corrected chi connectivity index (χ3v) is 5.17. The minimum atomic E-state index is 0.793. The van der Waals surface area contributed by atoms with E-state index >= 15 is 0 Å². The molecule has 0 saturated heterocycles. The molecule has 2 aromatic heterocycles. The molecule has 0 spiro atoms. The van der Waals surface area contributed by atoms with Gasteiger partial charge in [0.2, 0.25) is 5.13 Å². The molecule has 5 heteroatoms. The summed E-state index contributed by atoms with van der Waals surface area (Å²) in [4.78, 5) is 5.68. The fraction of sp³-hybridized carbons (Fsp3) is 0. The first-order valence-corrected chi connectivity index (χ1v) is 8.87. The van der Waals surface area contributed by atoms with Gasteiger partial charge in [0.15, 0.2) is 0 Å². The molecule has 0 amide bonds. The second-order valence-electron chi connectivity index (χ2n) is 4.96. The molecule has 0 unspecified atom stereocenters. The van der Waals surface area contributed by atoms with Gasteiger partial charge in [0.1, 0.15) is 0 Å². The Morgan fingerprint density at radius 2 is 1.83 bits per heavy atom. The molecule has 23 heavy (non-hydrogen) atoms. The standard InChI is InChI=1S/C18H13N3S2/c1-2-6-13(7-3-1)16-12-22-18(20-16)21-19-11-15-10-14-8-4-5-9-17(14)23-15/h1-12H,(H,20,21)/b19-11+. The summed E-state index contributed by atoms with van der Waals surface area (Å²) in [6.45, 7) is 0. The lowest BCUT2D eigenvalue weighted by molar-refractivity contribution is 1.29. The van der Waals surface area contributed by atoms with Gasteiger partial charge in [-0.2, -0.15) is 5.10 Å². The van der Waals surface area contributed by atoms with Crippen LogP contribution < -0.4 is 5.43 Å². The highest BCUT2D eigenvalue weighted by atomic mass is 32.1. The van der Waals surface area contributed by atoms with E-state index in [4.69, 9.17) is 0 Å². The van der Waals surface area contributed by atoms with E-state index in [2.05, 4.69) is 58.0 Å². The van der Waals surface area contributed by atoms with Crippen LogP contribution in [0.1, 0.15) is 4.88 Å². The molecule has 1 N–H and O–H groups in total. The maximum absolute atomic E-state index is 4.55. The molecule has 0 aliphatic rings. The Balaban J connectivity index is 1.47. The van der Waals surface area contributed by atoms with Gasteiger partial charge in [0.25, 0.3) is 0 Å². The molecule has 2 heterocycles. The Hall–Kier alpha value is -2.50. The van der Waals surface area contributed by atoms with Crippen molar-refractivity contribution in [1.29, 1.82) is 0 Å². The number of thiazole rings is 1. The number of nitrogens with zero attached hydrogens (tertiary/aromatic N) is 2. The van der Waals surface area contributed by atoms with Crippen molar-refractivity contribution >= 4 is 44.1 Å². The molecular formula is C18H13N3S2. The zero-order valence-electron chi connectivity index (χ0n) is 12.1. The number of benzene rings is 2. The molecule has 0 fully saturated rings. The van der Waals surface area contributed by atoms with E-state index in [1.165, 1.54) is 10.1 Å². The second kappa shape index (κ2) is 6.32. The predicted molar refractivity (Wildman–Crippen MR) is 101 cm³/mol. The zero-order chi connectivity index (χ0) is 15.5. The number of hydrogen-bond donors (Lipinski definition) is 1. The van der Waals surface area contributed by atoms with Gasteiger partial charge in [-0.1, -0.05) is 48.5 Å². The monoisotopic (exact) mass is 335 g/mol. The Morgan fingerprint density at radius 1 is 1.00 bits per heavy atom. The van der Waals surface area contributed by atoms with Crippen molar-refractivity contribution in [2.24, 2.45) is 5.10 Å². The molecule has 4 rings (SSSR count). The maximum atomic E-state index is 4.55. The van der Waals surface area contributed by atoms with E-state index < -0.39 is 0 Å². The summed E-state index contributed by atoms with van der Waals surface area (Å²) < 4.78 is 1.27. The Kier molecular flexibility index (Phi) is 3.88. The third kappa shape index (κ3) is 3.16. The molecule has 0 aliphatic carbocycles. The quantitative estimate of drug-likeness (QED) is 0.396. The fourth-order valence-electron chi connectivity index (χ4n) is 2.28. The maximum Gasteiger partial charge on any atom is 0.203 e. The van der Waals surface area contributed by atoms with Crippen LogP contribution in [0.2, 0.25) is 0 Å². The Morgan fingerprint density at radius 3 is 2.70 bits per heavy atom. The van der Waals surface area contributed by atoms with E-state index in [1.807, 2.05) is 29.8 Å². The third-order valence-electron chi connectivity index (χ3n) is 3.37. The van der Waals surface area contributed by atoms with Crippen LogP contribution in [-0.2, 0) is 0 Å². The van der Waals surface area contributed by atoms with Crippen molar-refractivity contribution in [3.63, 3.8) is 0 Å². The first-order valence-electron chi connectivity index (χ1n) is 7.17. The number of aromatic nitrogens is 1. The van der Waals surface area contributed by atoms with Crippen LogP contribution in [0.25, 0.3) is 21.3 Å². The van der Waals surface area contributed by atoms with Crippen LogP contribution in [0.5, 0.6) is 0 Å². The average molecular weight is 335 g/mol. The topological polar surface area (TPSA) is 37.3 Å². The molecule has 0 bridgehead atoms. The van der Waals surface area contributed by atoms with Gasteiger partial charge in [-0.3, -0.25) is 5.43 Å². The molecule has 3 nitrogen and oxygen atoms in total. The summed E-state index contributed by atoms with van der Waals surface area (Å²) in [7, 11) is 0. The fourth-order valence-corrected chi connectivity index (χ4v) is 3.89. The number of anilines is 1. The van der Waals surface area contributed by atoms with Crippen molar-refractivity contribution < 1.29 is 0 Å². The van der Waals surface area contributed by atoms with E-state index in [0.717, 1.165) is 21.3 Å². The molecule has 0 saturated carbocycles. The van der Waals surface area contributed by atoms with E-state index in [9.17, 15) is 0 Å². The summed E-state index contributed by atoms with van der Waals surface area (Å²) in [5, 5.41) is 8.37. The van der Waals surface area contributed by atoms with E-state index in [-0.39, 0.29) is 0 Å². The molecule has 0 aliphatic heterocycles. The van der Waals surface area contributed by atoms with Crippen LogP contribution in [0.4, 0.5) is 5.13 Å². The van der Waals surface area contributed by atoms with E-state index in [0.29, 0.717) is 0 Å². The lowest BCUT2D eigenvalue weighted by Gasteiger charge is -1.94. The van der Waals surface area contributed by atoms with Gasteiger partial charge in [-0.05, 0) is 17.5 Å². The highest BCUT2D eigenvalue weighted by Gasteiger charge is 2.03. The number of hydrazone groups is 1. The van der Waals surface area contributed by atoms with Crippen molar-refractivity contribution in [1.82, 2.24) is 4.98 Å². The lowest BCUT2D eigenvalue weighted by Crippen LogP contribution is -1.88. The highest BCUT2D eigenvalue weighted by molar-refractivity contribution is 7.20. The predicted octanol–water partition coefficient (Wildman–Crippen LogP) is 5.47. The largest absolute Gasteiger partial charge is 0.253 e. The summed E-state index contributed by atoms with van der Waals surface area (Å²) in [6, 6.07) is 20.6. The minimum absolute atomic E-state index is 0.793. The van der Waals surface area contributed by atoms with Gasteiger partial charge >= 0.3 is 0 Å². The highest BCUT2D eigenvalue weighted by Crippen LogP contribution is 2.25. The number of rotatable bonds is 4. The minimum Gasteiger partial charge on any atom is -0.253 e. The van der Waals surface area contributed by atoms with Gasteiger partial charge in [-0.15, -0.1) is 22.7 Å². The van der Waals surface area contributed by atoms with Gasteiger partial charge in [0.05, 0.1) is 11.9 Å². The van der Waals surface area contributed by atoms with Crippen LogP contribution in [0, 0.1) is 0 Å². The van der Waals surface area contributed by atoms with Crippen LogP contribution >= 0.6 is 22.7 Å². The summed E-state index contributed by atoms with van der Waals surface area (Å²) >= 11 is 3.28. The van der Waals surface area contributed by atoms with Crippen molar-refractivity contribution in [2.75, 3.05) is 5.43 Å². The number of hydrogen-bond acceptors (Lipinski definition) is 5. The molecule has 0 radical (unpaired) electrons. The molecule has 2 aromatic carbocycles. The molecule has 0 atom stereocenters. The number of fused-ring (bicyclic) bond motifs is 1.